The summed E-state index contributed by atoms with van der Waals surface area (Å²) >= 11 is 0. The molecule has 0 saturated carbocycles. The van der Waals surface area contributed by atoms with E-state index in [1.807, 2.05) is 11.0 Å². The molecule has 3 nitrogen and oxygen atoms in total. The predicted octanol–water partition coefficient (Wildman–Crippen LogP) is 2.25. The molecule has 1 aliphatic heterocycles. The van der Waals surface area contributed by atoms with E-state index in [1.54, 1.807) is 12.1 Å². The number of hydrogen-bond donors (Lipinski definition) is 0. The van der Waals surface area contributed by atoms with Crippen molar-refractivity contribution in [2.75, 3.05) is 6.54 Å². The summed E-state index contributed by atoms with van der Waals surface area (Å²) in [5, 5.41) is 8.68. The lowest BCUT2D eigenvalue weighted by molar-refractivity contribution is -0.113. The van der Waals surface area contributed by atoms with E-state index in [4.69, 9.17) is 5.26 Å². The van der Waals surface area contributed by atoms with Gasteiger partial charge < -0.3 is 4.79 Å². The highest BCUT2D eigenvalue weighted by molar-refractivity contribution is 5.57. The van der Waals surface area contributed by atoms with Crippen molar-refractivity contribution in [3.63, 3.8) is 0 Å². The van der Waals surface area contributed by atoms with Crippen LogP contribution in [0, 0.1) is 17.1 Å². The number of hydrogen-bond acceptors (Lipinski definition) is 3. The molecule has 1 aliphatic rings. The molecule has 0 amide bonds. The lowest BCUT2D eigenvalue weighted by Gasteiger charge is -2.32. The molecule has 1 aromatic rings. The summed E-state index contributed by atoms with van der Waals surface area (Å²) in [6, 6.07) is 6.29. The second-order valence-corrected chi connectivity index (χ2v) is 4.59. The van der Waals surface area contributed by atoms with Crippen LogP contribution in [0.4, 0.5) is 4.39 Å². The molecule has 18 heavy (non-hydrogen) atoms. The van der Waals surface area contributed by atoms with Crippen molar-refractivity contribution in [1.82, 2.24) is 4.90 Å². The van der Waals surface area contributed by atoms with Gasteiger partial charge in [0, 0.05) is 12.1 Å². The van der Waals surface area contributed by atoms with Gasteiger partial charge in [-0.15, -0.1) is 0 Å². The first kappa shape index (κ1) is 12.7. The number of carbonyl (C=O) groups is 1. The van der Waals surface area contributed by atoms with E-state index in [1.165, 1.54) is 6.07 Å². The van der Waals surface area contributed by atoms with Crippen molar-refractivity contribution in [3.8, 4) is 6.07 Å². The van der Waals surface area contributed by atoms with Crippen LogP contribution in [-0.2, 0) is 11.3 Å². The maximum Gasteiger partial charge on any atom is 0.137 e. The maximum atomic E-state index is 13.8. The third-order valence-electron chi connectivity index (χ3n) is 3.38. The Morgan fingerprint density at radius 1 is 1.50 bits per heavy atom. The largest absolute Gasteiger partial charge is 0.302 e. The van der Waals surface area contributed by atoms with Gasteiger partial charge in [-0.3, -0.25) is 4.90 Å². The second-order valence-electron chi connectivity index (χ2n) is 4.59. The number of benzene rings is 1. The molecule has 2 rings (SSSR count). The van der Waals surface area contributed by atoms with Crippen LogP contribution in [0.1, 0.15) is 30.4 Å². The van der Waals surface area contributed by atoms with E-state index in [-0.39, 0.29) is 11.9 Å². The molecule has 1 atom stereocenters. The zero-order chi connectivity index (χ0) is 13.0. The molecule has 0 radical (unpaired) electrons. The third kappa shape index (κ3) is 2.74. The van der Waals surface area contributed by atoms with Gasteiger partial charge in [-0.25, -0.2) is 4.39 Å². The fourth-order valence-electron chi connectivity index (χ4n) is 2.33. The zero-order valence-electron chi connectivity index (χ0n) is 10.1. The molecule has 0 bridgehead atoms. The Kier molecular flexibility index (Phi) is 4.06. The van der Waals surface area contributed by atoms with E-state index in [0.29, 0.717) is 17.7 Å². The molecule has 0 aromatic heterocycles. The fourth-order valence-corrected chi connectivity index (χ4v) is 2.33. The minimum atomic E-state index is -0.371. The lowest BCUT2D eigenvalue weighted by Crippen LogP contribution is -2.40. The summed E-state index contributed by atoms with van der Waals surface area (Å²) in [5.74, 6) is -0.371. The Hall–Kier alpha value is -1.73. The molecule has 4 heteroatoms. The van der Waals surface area contributed by atoms with Gasteiger partial charge in [0.1, 0.15) is 12.1 Å². The van der Waals surface area contributed by atoms with E-state index in [9.17, 15) is 9.18 Å². The fraction of sp³-hybridized carbons (Fsp3) is 0.429. The van der Waals surface area contributed by atoms with Gasteiger partial charge in [0.2, 0.25) is 0 Å². The molecule has 0 N–H and O–H groups in total. The van der Waals surface area contributed by atoms with E-state index < -0.39 is 0 Å². The number of likely N-dealkylation sites (tertiary alicyclic amines) is 1. The Bertz CT molecular complexity index is 481. The normalized spacial score (nSPS) is 20.3. The summed E-state index contributed by atoms with van der Waals surface area (Å²) in [5.41, 5.74) is 0.865. The molecule has 1 unspecified atom stereocenters. The van der Waals surface area contributed by atoms with Crippen LogP contribution in [0.15, 0.2) is 18.2 Å². The SMILES string of the molecule is N#Cc1ccc(CN2CCCCC2C=O)c(F)c1. The number of piperidine rings is 1. The van der Waals surface area contributed by atoms with Crippen LogP contribution in [0.3, 0.4) is 0 Å². The smallest absolute Gasteiger partial charge is 0.137 e. The number of nitriles is 1. The van der Waals surface area contributed by atoms with E-state index >= 15 is 0 Å². The number of halogens is 1. The van der Waals surface area contributed by atoms with Crippen molar-refractivity contribution in [2.24, 2.45) is 0 Å². The zero-order valence-corrected chi connectivity index (χ0v) is 10.1. The number of nitrogens with zero attached hydrogens (tertiary/aromatic N) is 2. The van der Waals surface area contributed by atoms with E-state index in [0.717, 1.165) is 32.1 Å². The topological polar surface area (TPSA) is 44.1 Å². The van der Waals surface area contributed by atoms with Gasteiger partial charge in [-0.1, -0.05) is 12.5 Å². The highest BCUT2D eigenvalue weighted by Crippen LogP contribution is 2.20. The molecule has 1 fully saturated rings. The molecule has 1 saturated heterocycles. The summed E-state index contributed by atoms with van der Waals surface area (Å²) in [4.78, 5) is 13.0. The molecular formula is C14H15FN2O. The van der Waals surface area contributed by atoms with Gasteiger partial charge in [0.15, 0.2) is 0 Å². The summed E-state index contributed by atoms with van der Waals surface area (Å²) in [7, 11) is 0. The first-order valence-electron chi connectivity index (χ1n) is 6.12. The Morgan fingerprint density at radius 2 is 2.33 bits per heavy atom. The van der Waals surface area contributed by atoms with Gasteiger partial charge in [-0.05, 0) is 31.5 Å². The number of carbonyl (C=O) groups excluding carboxylic acids is 1. The van der Waals surface area contributed by atoms with Crippen LogP contribution < -0.4 is 0 Å². The Morgan fingerprint density at radius 3 is 3.00 bits per heavy atom. The number of rotatable bonds is 3. The van der Waals surface area contributed by atoms with Crippen LogP contribution >= 0.6 is 0 Å². The first-order valence-corrected chi connectivity index (χ1v) is 6.12. The summed E-state index contributed by atoms with van der Waals surface area (Å²) in [6.45, 7) is 1.25. The summed E-state index contributed by atoms with van der Waals surface area (Å²) in [6.07, 6.45) is 3.89. The summed E-state index contributed by atoms with van der Waals surface area (Å²) < 4.78 is 13.8. The van der Waals surface area contributed by atoms with Crippen molar-refractivity contribution in [2.45, 2.75) is 31.8 Å². The van der Waals surface area contributed by atoms with Crippen molar-refractivity contribution >= 4 is 6.29 Å². The average Bonchev–Trinajstić information content (AvgIpc) is 2.41. The van der Waals surface area contributed by atoms with E-state index in [2.05, 4.69) is 0 Å². The van der Waals surface area contributed by atoms with Crippen LogP contribution in [0.25, 0.3) is 0 Å². The first-order chi connectivity index (χ1) is 8.74. The molecule has 0 spiro atoms. The highest BCUT2D eigenvalue weighted by Gasteiger charge is 2.22. The highest BCUT2D eigenvalue weighted by atomic mass is 19.1. The van der Waals surface area contributed by atoms with Crippen LogP contribution in [-0.4, -0.2) is 23.8 Å². The van der Waals surface area contributed by atoms with Crippen molar-refractivity contribution in [1.29, 1.82) is 5.26 Å². The molecule has 1 aromatic carbocycles. The van der Waals surface area contributed by atoms with Gasteiger partial charge in [-0.2, -0.15) is 5.26 Å². The quantitative estimate of drug-likeness (QED) is 0.768. The second kappa shape index (κ2) is 5.74. The van der Waals surface area contributed by atoms with Crippen LogP contribution in [0.5, 0.6) is 0 Å². The van der Waals surface area contributed by atoms with Crippen molar-refractivity contribution < 1.29 is 9.18 Å². The Labute approximate surface area is 106 Å². The number of aldehydes is 1. The standard InChI is InChI=1S/C14H15FN2O/c15-14-7-11(8-16)4-5-12(14)9-17-6-2-1-3-13(17)10-18/h4-5,7,10,13H,1-3,6,9H2. The molecule has 1 heterocycles. The molecule has 94 valence electrons. The minimum Gasteiger partial charge on any atom is -0.302 e. The lowest BCUT2D eigenvalue weighted by atomic mass is 10.0. The third-order valence-corrected chi connectivity index (χ3v) is 3.38. The minimum absolute atomic E-state index is 0.103. The monoisotopic (exact) mass is 246 g/mol. The van der Waals surface area contributed by atoms with Gasteiger partial charge >= 0.3 is 0 Å². The molecular weight excluding hydrogens is 231 g/mol. The predicted molar refractivity (Wildman–Crippen MR) is 65.2 cm³/mol. The van der Waals surface area contributed by atoms with Gasteiger partial charge in [0.05, 0.1) is 17.7 Å². The van der Waals surface area contributed by atoms with Crippen LogP contribution in [0.2, 0.25) is 0 Å². The molecule has 0 aliphatic carbocycles. The van der Waals surface area contributed by atoms with Crippen molar-refractivity contribution in [3.05, 3.63) is 35.1 Å². The Balaban J connectivity index is 2.13. The average molecular weight is 246 g/mol. The maximum absolute atomic E-state index is 13.8. The van der Waals surface area contributed by atoms with Gasteiger partial charge in [0.25, 0.3) is 0 Å².